The zero-order valence-electron chi connectivity index (χ0n) is 13.9. The van der Waals surface area contributed by atoms with Gasteiger partial charge in [-0.1, -0.05) is 0 Å². The van der Waals surface area contributed by atoms with Crippen LogP contribution in [0.15, 0.2) is 59.7 Å². The maximum atomic E-state index is 13.0. The zero-order valence-corrected chi connectivity index (χ0v) is 13.9. The predicted molar refractivity (Wildman–Crippen MR) is 92.5 cm³/mol. The lowest BCUT2D eigenvalue weighted by Crippen LogP contribution is -2.20. The van der Waals surface area contributed by atoms with Crippen molar-refractivity contribution >= 4 is 0 Å². The average Bonchev–Trinajstić information content (AvgIpc) is 2.63. The molecule has 0 unspecified atom stereocenters. The van der Waals surface area contributed by atoms with Crippen molar-refractivity contribution in [3.05, 3.63) is 76.6 Å². The second-order valence-corrected chi connectivity index (χ2v) is 5.47. The summed E-state index contributed by atoms with van der Waals surface area (Å²) < 4.78 is 25.0. The number of hydrogen-bond donors (Lipinski definition) is 0. The molecule has 1 heterocycles. The van der Waals surface area contributed by atoms with E-state index in [9.17, 15) is 9.18 Å². The molecule has 3 aromatic rings. The largest absolute Gasteiger partial charge is 0.497 e. The molecule has 6 heteroatoms. The smallest absolute Gasteiger partial charge is 0.254 e. The summed E-state index contributed by atoms with van der Waals surface area (Å²) in [5, 5.41) is 0. The normalized spacial score (nSPS) is 10.5. The quantitative estimate of drug-likeness (QED) is 0.716. The molecule has 2 aromatic carbocycles. The van der Waals surface area contributed by atoms with Crippen molar-refractivity contribution in [2.45, 2.75) is 6.54 Å². The number of rotatable bonds is 5. The van der Waals surface area contributed by atoms with Crippen LogP contribution in [0.5, 0.6) is 11.5 Å². The van der Waals surface area contributed by atoms with E-state index in [1.54, 1.807) is 32.4 Å². The van der Waals surface area contributed by atoms with Crippen LogP contribution in [0.2, 0.25) is 0 Å². The molecule has 0 aliphatic carbocycles. The number of hydrogen-bond acceptors (Lipinski definition) is 4. The molecule has 0 radical (unpaired) electrons. The number of benzene rings is 2. The molecule has 128 valence electrons. The summed E-state index contributed by atoms with van der Waals surface area (Å²) in [5.74, 6) is 0.973. The van der Waals surface area contributed by atoms with Crippen LogP contribution in [0.4, 0.5) is 4.39 Å². The van der Waals surface area contributed by atoms with Gasteiger partial charge in [-0.15, -0.1) is 0 Å². The summed E-state index contributed by atoms with van der Waals surface area (Å²) in [6.07, 6.45) is 1.48. The lowest BCUT2D eigenvalue weighted by Gasteiger charge is -2.10. The van der Waals surface area contributed by atoms with E-state index in [0.29, 0.717) is 29.3 Å². The number of nitrogens with zero attached hydrogens (tertiary/aromatic N) is 2. The third-order valence-electron chi connectivity index (χ3n) is 3.78. The minimum Gasteiger partial charge on any atom is -0.497 e. The lowest BCUT2D eigenvalue weighted by atomic mass is 10.1. The van der Waals surface area contributed by atoms with Gasteiger partial charge in [0.15, 0.2) is 0 Å². The number of aromatic nitrogens is 2. The molecule has 0 N–H and O–H groups in total. The third-order valence-corrected chi connectivity index (χ3v) is 3.78. The Kier molecular flexibility index (Phi) is 4.79. The summed E-state index contributed by atoms with van der Waals surface area (Å²) in [5.41, 5.74) is 1.85. The Hall–Kier alpha value is -3.15. The predicted octanol–water partition coefficient (Wildman–Crippen LogP) is 3.11. The van der Waals surface area contributed by atoms with Crippen LogP contribution in [0.25, 0.3) is 11.3 Å². The van der Waals surface area contributed by atoms with E-state index in [-0.39, 0.29) is 11.4 Å². The zero-order chi connectivity index (χ0) is 17.8. The number of ether oxygens (including phenoxy) is 2. The first-order valence-electron chi connectivity index (χ1n) is 7.63. The van der Waals surface area contributed by atoms with Gasteiger partial charge in [0.05, 0.1) is 32.8 Å². The van der Waals surface area contributed by atoms with Gasteiger partial charge < -0.3 is 9.47 Å². The van der Waals surface area contributed by atoms with Gasteiger partial charge in [-0.25, -0.2) is 9.37 Å². The van der Waals surface area contributed by atoms with Gasteiger partial charge in [0.2, 0.25) is 0 Å². The Bertz CT molecular complexity index is 914. The Morgan fingerprint density at radius 2 is 1.64 bits per heavy atom. The van der Waals surface area contributed by atoms with Gasteiger partial charge >= 0.3 is 0 Å². The monoisotopic (exact) mass is 340 g/mol. The van der Waals surface area contributed by atoms with Crippen molar-refractivity contribution in [3.8, 4) is 22.8 Å². The molecular weight excluding hydrogens is 323 g/mol. The standard InChI is InChI=1S/C19H17FN2O3/c1-24-16-7-13(8-17(9-16)25-2)11-22-12-21-18(10-19(22)23)14-3-5-15(20)6-4-14/h3-10,12H,11H2,1-2H3. The summed E-state index contributed by atoms with van der Waals surface area (Å²) in [6.45, 7) is 0.336. The first-order valence-corrected chi connectivity index (χ1v) is 7.63. The number of methoxy groups -OCH3 is 2. The highest BCUT2D eigenvalue weighted by molar-refractivity contribution is 5.58. The van der Waals surface area contributed by atoms with Crippen LogP contribution in [0.1, 0.15) is 5.56 Å². The molecule has 0 aliphatic heterocycles. The van der Waals surface area contributed by atoms with Crippen LogP contribution in [0.3, 0.4) is 0 Å². The maximum Gasteiger partial charge on any atom is 0.254 e. The van der Waals surface area contributed by atoms with E-state index in [1.165, 1.54) is 29.1 Å². The van der Waals surface area contributed by atoms with Gasteiger partial charge in [0.1, 0.15) is 17.3 Å². The van der Waals surface area contributed by atoms with E-state index in [1.807, 2.05) is 12.1 Å². The molecule has 0 saturated heterocycles. The van der Waals surface area contributed by atoms with Crippen molar-refractivity contribution in [1.29, 1.82) is 0 Å². The molecule has 0 bridgehead atoms. The first-order chi connectivity index (χ1) is 12.1. The van der Waals surface area contributed by atoms with Crippen molar-refractivity contribution in [2.75, 3.05) is 14.2 Å². The fraction of sp³-hybridized carbons (Fsp3) is 0.158. The van der Waals surface area contributed by atoms with Gasteiger partial charge in [0.25, 0.3) is 5.56 Å². The molecule has 0 saturated carbocycles. The van der Waals surface area contributed by atoms with Crippen LogP contribution in [0, 0.1) is 5.82 Å². The van der Waals surface area contributed by atoms with Gasteiger partial charge in [0, 0.05) is 17.7 Å². The Labute approximate surface area is 144 Å². The molecule has 0 spiro atoms. The lowest BCUT2D eigenvalue weighted by molar-refractivity contribution is 0.393. The summed E-state index contributed by atoms with van der Waals surface area (Å²) in [7, 11) is 3.15. The summed E-state index contributed by atoms with van der Waals surface area (Å²) >= 11 is 0. The number of halogens is 1. The molecule has 1 aromatic heterocycles. The van der Waals surface area contributed by atoms with Crippen LogP contribution >= 0.6 is 0 Å². The molecule has 0 amide bonds. The molecule has 0 fully saturated rings. The van der Waals surface area contributed by atoms with E-state index in [4.69, 9.17) is 9.47 Å². The Morgan fingerprint density at radius 1 is 1.00 bits per heavy atom. The van der Waals surface area contributed by atoms with E-state index < -0.39 is 0 Å². The first kappa shape index (κ1) is 16.7. The maximum absolute atomic E-state index is 13.0. The van der Waals surface area contributed by atoms with Crippen molar-refractivity contribution in [3.63, 3.8) is 0 Å². The molecular formula is C19H17FN2O3. The Morgan fingerprint density at radius 3 is 2.20 bits per heavy atom. The summed E-state index contributed by atoms with van der Waals surface area (Å²) in [4.78, 5) is 16.7. The fourth-order valence-electron chi connectivity index (χ4n) is 2.48. The van der Waals surface area contributed by atoms with Crippen molar-refractivity contribution in [2.24, 2.45) is 0 Å². The molecule has 25 heavy (non-hydrogen) atoms. The van der Waals surface area contributed by atoms with Crippen LogP contribution in [-0.4, -0.2) is 23.8 Å². The minimum absolute atomic E-state index is 0.198. The average molecular weight is 340 g/mol. The van der Waals surface area contributed by atoms with E-state index in [0.717, 1.165) is 5.56 Å². The van der Waals surface area contributed by atoms with Crippen molar-refractivity contribution < 1.29 is 13.9 Å². The molecule has 0 atom stereocenters. The van der Waals surface area contributed by atoms with Crippen LogP contribution < -0.4 is 15.0 Å². The van der Waals surface area contributed by atoms with E-state index >= 15 is 0 Å². The van der Waals surface area contributed by atoms with Gasteiger partial charge in [-0.05, 0) is 42.0 Å². The highest BCUT2D eigenvalue weighted by atomic mass is 19.1. The topological polar surface area (TPSA) is 53.4 Å². The minimum atomic E-state index is -0.330. The van der Waals surface area contributed by atoms with Crippen LogP contribution in [-0.2, 0) is 6.54 Å². The second kappa shape index (κ2) is 7.17. The summed E-state index contributed by atoms with van der Waals surface area (Å²) in [6, 6.07) is 12.7. The SMILES string of the molecule is COc1cc(Cn2cnc(-c3ccc(F)cc3)cc2=O)cc(OC)c1. The highest BCUT2D eigenvalue weighted by Gasteiger charge is 2.07. The van der Waals surface area contributed by atoms with Crippen molar-refractivity contribution in [1.82, 2.24) is 9.55 Å². The molecule has 5 nitrogen and oxygen atoms in total. The highest BCUT2D eigenvalue weighted by Crippen LogP contribution is 2.23. The third kappa shape index (κ3) is 3.85. The van der Waals surface area contributed by atoms with Gasteiger partial charge in [-0.2, -0.15) is 0 Å². The molecule has 3 rings (SSSR count). The van der Waals surface area contributed by atoms with E-state index in [2.05, 4.69) is 4.98 Å². The molecule has 0 aliphatic rings. The van der Waals surface area contributed by atoms with Gasteiger partial charge in [-0.3, -0.25) is 9.36 Å². The second-order valence-electron chi connectivity index (χ2n) is 5.47. The Balaban J connectivity index is 1.89. The fourth-order valence-corrected chi connectivity index (χ4v) is 2.48.